The van der Waals surface area contributed by atoms with Crippen LogP contribution in [0.25, 0.3) is 0 Å². The molecule has 3 rings (SSSR count). The third-order valence-corrected chi connectivity index (χ3v) is 7.11. The molecule has 0 heterocycles. The average Bonchev–Trinajstić information content (AvgIpc) is 3.03. The maximum Gasteiger partial charge on any atom is 0.179 e. The molecular formula is C17H25NO3S. The van der Waals surface area contributed by atoms with E-state index in [9.17, 15) is 13.5 Å². The van der Waals surface area contributed by atoms with Crippen molar-refractivity contribution in [3.63, 3.8) is 0 Å². The van der Waals surface area contributed by atoms with Crippen LogP contribution >= 0.6 is 0 Å². The fourth-order valence-corrected chi connectivity index (χ4v) is 5.44. The second kappa shape index (κ2) is 6.30. The van der Waals surface area contributed by atoms with E-state index in [2.05, 4.69) is 4.90 Å². The van der Waals surface area contributed by atoms with E-state index >= 15 is 0 Å². The molecule has 2 aliphatic carbocycles. The van der Waals surface area contributed by atoms with E-state index in [1.165, 1.54) is 0 Å². The maximum atomic E-state index is 12.3. The number of aliphatic hydroxyl groups is 1. The molecule has 0 saturated heterocycles. The Hall–Kier alpha value is -0.910. The molecule has 0 radical (unpaired) electrons. The van der Waals surface area contributed by atoms with Crippen LogP contribution < -0.4 is 0 Å². The van der Waals surface area contributed by atoms with Gasteiger partial charge in [-0.3, -0.25) is 0 Å². The van der Waals surface area contributed by atoms with Crippen molar-refractivity contribution in [2.45, 2.75) is 42.7 Å². The third-order valence-electron chi connectivity index (χ3n) is 5.40. The number of rotatable bonds is 5. The van der Waals surface area contributed by atoms with Crippen LogP contribution in [-0.4, -0.2) is 49.9 Å². The minimum atomic E-state index is -3.19. The van der Waals surface area contributed by atoms with Gasteiger partial charge >= 0.3 is 0 Å². The van der Waals surface area contributed by atoms with Crippen LogP contribution in [0.3, 0.4) is 0 Å². The Labute approximate surface area is 133 Å². The molecule has 2 fully saturated rings. The van der Waals surface area contributed by atoms with Crippen molar-refractivity contribution in [2.75, 3.05) is 19.3 Å². The van der Waals surface area contributed by atoms with E-state index in [1.807, 2.05) is 13.1 Å². The summed E-state index contributed by atoms with van der Waals surface area (Å²) in [7, 11) is -1.16. The van der Waals surface area contributed by atoms with Gasteiger partial charge in [-0.15, -0.1) is 0 Å². The molecule has 2 saturated carbocycles. The van der Waals surface area contributed by atoms with E-state index in [0.717, 1.165) is 25.7 Å². The fraction of sp³-hybridized carbons (Fsp3) is 0.647. The predicted molar refractivity (Wildman–Crippen MR) is 86.4 cm³/mol. The molecule has 4 nitrogen and oxygen atoms in total. The monoisotopic (exact) mass is 323 g/mol. The van der Waals surface area contributed by atoms with Crippen LogP contribution in [0.2, 0.25) is 0 Å². The summed E-state index contributed by atoms with van der Waals surface area (Å²) in [5.74, 6) is 1.43. The Balaban J connectivity index is 1.54. The SMILES string of the molecule is CN(CCS(=O)(=O)c1ccccc1)C1C[C@H]2CC(O)C[C@H]2C1. The minimum Gasteiger partial charge on any atom is -0.393 e. The molecule has 0 aliphatic heterocycles. The summed E-state index contributed by atoms with van der Waals surface area (Å²) in [5.41, 5.74) is 0. The molecule has 0 amide bonds. The summed E-state index contributed by atoms with van der Waals surface area (Å²) in [6.45, 7) is 0.573. The predicted octanol–water partition coefficient (Wildman–Crippen LogP) is 1.94. The number of benzene rings is 1. The van der Waals surface area contributed by atoms with Gasteiger partial charge in [0.1, 0.15) is 0 Å². The first-order chi connectivity index (χ1) is 10.5. The van der Waals surface area contributed by atoms with Crippen LogP contribution in [0.5, 0.6) is 0 Å². The van der Waals surface area contributed by atoms with Crippen molar-refractivity contribution >= 4 is 9.84 Å². The zero-order valence-electron chi connectivity index (χ0n) is 13.1. The van der Waals surface area contributed by atoms with Crippen LogP contribution in [0.1, 0.15) is 25.7 Å². The van der Waals surface area contributed by atoms with E-state index < -0.39 is 9.84 Å². The second-order valence-corrected chi connectivity index (χ2v) is 8.99. The topological polar surface area (TPSA) is 57.6 Å². The Morgan fingerprint density at radius 1 is 1.09 bits per heavy atom. The van der Waals surface area contributed by atoms with Crippen molar-refractivity contribution in [3.8, 4) is 0 Å². The highest BCUT2D eigenvalue weighted by atomic mass is 32.2. The first-order valence-electron chi connectivity index (χ1n) is 8.12. The van der Waals surface area contributed by atoms with Gasteiger partial charge in [0.2, 0.25) is 0 Å². The molecule has 122 valence electrons. The van der Waals surface area contributed by atoms with E-state index in [1.54, 1.807) is 24.3 Å². The van der Waals surface area contributed by atoms with Crippen molar-refractivity contribution in [1.82, 2.24) is 4.90 Å². The van der Waals surface area contributed by atoms with Gasteiger partial charge in [-0.1, -0.05) is 18.2 Å². The smallest absolute Gasteiger partial charge is 0.179 e. The average molecular weight is 323 g/mol. The molecule has 4 atom stereocenters. The number of aliphatic hydroxyl groups excluding tert-OH is 1. The molecule has 0 spiro atoms. The van der Waals surface area contributed by atoms with Gasteiger partial charge in [-0.05, 0) is 56.7 Å². The lowest BCUT2D eigenvalue weighted by atomic mass is 10.0. The normalized spacial score (nSPS) is 31.6. The molecule has 5 heteroatoms. The summed E-state index contributed by atoms with van der Waals surface area (Å²) in [5, 5.41) is 9.70. The molecule has 2 unspecified atom stereocenters. The Morgan fingerprint density at radius 2 is 1.68 bits per heavy atom. The van der Waals surface area contributed by atoms with Gasteiger partial charge in [0.05, 0.1) is 16.8 Å². The summed E-state index contributed by atoms with van der Waals surface area (Å²) >= 11 is 0. The van der Waals surface area contributed by atoms with Gasteiger partial charge in [-0.2, -0.15) is 0 Å². The molecule has 1 aromatic carbocycles. The quantitative estimate of drug-likeness (QED) is 0.900. The molecule has 22 heavy (non-hydrogen) atoms. The minimum absolute atomic E-state index is 0.111. The molecule has 0 aromatic heterocycles. The van der Waals surface area contributed by atoms with E-state index in [-0.39, 0.29) is 11.9 Å². The zero-order valence-corrected chi connectivity index (χ0v) is 13.9. The Kier molecular flexibility index (Phi) is 4.57. The highest BCUT2D eigenvalue weighted by molar-refractivity contribution is 7.91. The van der Waals surface area contributed by atoms with Gasteiger partial charge in [0.15, 0.2) is 9.84 Å². The van der Waals surface area contributed by atoms with E-state index in [0.29, 0.717) is 29.3 Å². The summed E-state index contributed by atoms with van der Waals surface area (Å²) in [6, 6.07) is 9.15. The molecule has 2 aliphatic rings. The Bertz CT molecular complexity index is 588. The van der Waals surface area contributed by atoms with Crippen molar-refractivity contribution in [3.05, 3.63) is 30.3 Å². The number of hydrogen-bond acceptors (Lipinski definition) is 4. The van der Waals surface area contributed by atoms with Crippen molar-refractivity contribution in [2.24, 2.45) is 11.8 Å². The van der Waals surface area contributed by atoms with Crippen LogP contribution in [-0.2, 0) is 9.84 Å². The molecule has 1 N–H and O–H groups in total. The lowest BCUT2D eigenvalue weighted by Crippen LogP contribution is -2.34. The van der Waals surface area contributed by atoms with Gasteiger partial charge in [0, 0.05) is 12.6 Å². The zero-order chi connectivity index (χ0) is 15.7. The number of nitrogens with zero attached hydrogens (tertiary/aromatic N) is 1. The molecular weight excluding hydrogens is 298 g/mol. The largest absolute Gasteiger partial charge is 0.393 e. The number of fused-ring (bicyclic) bond motifs is 1. The van der Waals surface area contributed by atoms with Crippen molar-refractivity contribution < 1.29 is 13.5 Å². The van der Waals surface area contributed by atoms with Crippen LogP contribution in [0, 0.1) is 11.8 Å². The Morgan fingerprint density at radius 3 is 2.27 bits per heavy atom. The lowest BCUT2D eigenvalue weighted by Gasteiger charge is -2.25. The first kappa shape index (κ1) is 16.0. The maximum absolute atomic E-state index is 12.3. The van der Waals surface area contributed by atoms with Crippen molar-refractivity contribution in [1.29, 1.82) is 0 Å². The number of hydrogen-bond donors (Lipinski definition) is 1. The fourth-order valence-electron chi connectivity index (χ4n) is 4.10. The summed E-state index contributed by atoms with van der Waals surface area (Å²) in [6.07, 6.45) is 3.95. The van der Waals surface area contributed by atoms with E-state index in [4.69, 9.17) is 0 Å². The number of sulfone groups is 1. The van der Waals surface area contributed by atoms with Gasteiger partial charge in [-0.25, -0.2) is 8.42 Å². The molecule has 0 bridgehead atoms. The van der Waals surface area contributed by atoms with Crippen LogP contribution in [0.15, 0.2) is 35.2 Å². The first-order valence-corrected chi connectivity index (χ1v) is 9.77. The lowest BCUT2D eigenvalue weighted by molar-refractivity contribution is 0.161. The van der Waals surface area contributed by atoms with Crippen LogP contribution in [0.4, 0.5) is 0 Å². The highest BCUT2D eigenvalue weighted by Gasteiger charge is 2.42. The van der Waals surface area contributed by atoms with Gasteiger partial charge in [0.25, 0.3) is 0 Å². The second-order valence-electron chi connectivity index (χ2n) is 6.88. The summed E-state index contributed by atoms with van der Waals surface area (Å²) in [4.78, 5) is 2.61. The van der Waals surface area contributed by atoms with Gasteiger partial charge < -0.3 is 10.0 Å². The third kappa shape index (κ3) is 3.36. The molecule has 1 aromatic rings. The summed E-state index contributed by atoms with van der Waals surface area (Å²) < 4.78 is 24.7. The highest BCUT2D eigenvalue weighted by Crippen LogP contribution is 2.45. The standard InChI is InChI=1S/C17H25NO3S/c1-18(15-9-13-11-16(19)12-14(13)10-15)7-8-22(20,21)17-5-3-2-4-6-17/h2-6,13-16,19H,7-12H2,1H3/t13-,14+,15?,16?.